The van der Waals surface area contributed by atoms with Crippen LogP contribution in [0.4, 0.5) is 4.39 Å². The van der Waals surface area contributed by atoms with Gasteiger partial charge in [0.15, 0.2) is 18.2 Å². The summed E-state index contributed by atoms with van der Waals surface area (Å²) in [5.74, 6) is -1.04. The van der Waals surface area contributed by atoms with E-state index in [1.54, 1.807) is 18.2 Å². The second kappa shape index (κ2) is 7.44. The quantitative estimate of drug-likeness (QED) is 0.554. The first-order valence-corrected chi connectivity index (χ1v) is 7.55. The average molecular weight is 338 g/mol. The van der Waals surface area contributed by atoms with Gasteiger partial charge in [0.05, 0.1) is 6.21 Å². The standard InChI is InChI=1S/C19H15FN2O3/c20-16-7-3-4-8-18(16)25-12-19(24)22-21-11-15-14-6-2-1-5-13(14)9-10-17(15)23/h1-11,23H,12H2,(H,22,24)/b21-11+. The average Bonchev–Trinajstić information content (AvgIpc) is 2.63. The maximum absolute atomic E-state index is 13.4. The summed E-state index contributed by atoms with van der Waals surface area (Å²) in [6.45, 7) is -0.375. The maximum atomic E-state index is 13.4. The number of benzene rings is 3. The predicted molar refractivity (Wildman–Crippen MR) is 93.2 cm³/mol. The summed E-state index contributed by atoms with van der Waals surface area (Å²) in [5, 5.41) is 15.6. The Balaban J connectivity index is 1.64. The molecule has 3 aromatic rings. The molecule has 5 nitrogen and oxygen atoms in total. The lowest BCUT2D eigenvalue weighted by Gasteiger charge is -2.06. The molecule has 0 bridgehead atoms. The molecule has 6 heteroatoms. The molecule has 0 saturated heterocycles. The molecule has 3 rings (SSSR count). The first kappa shape index (κ1) is 16.4. The van der Waals surface area contributed by atoms with Crippen molar-refractivity contribution in [1.29, 1.82) is 0 Å². The fraction of sp³-hybridized carbons (Fsp3) is 0.0526. The minimum Gasteiger partial charge on any atom is -0.507 e. The molecule has 0 radical (unpaired) electrons. The third kappa shape index (κ3) is 3.92. The molecule has 0 fully saturated rings. The molecule has 25 heavy (non-hydrogen) atoms. The molecule has 0 spiro atoms. The van der Waals surface area contributed by atoms with Crippen LogP contribution in [0, 0.1) is 5.82 Å². The summed E-state index contributed by atoms with van der Waals surface area (Å²) < 4.78 is 18.5. The monoisotopic (exact) mass is 338 g/mol. The minimum absolute atomic E-state index is 0.00618. The van der Waals surface area contributed by atoms with Gasteiger partial charge in [-0.3, -0.25) is 4.79 Å². The van der Waals surface area contributed by atoms with Crippen LogP contribution in [-0.4, -0.2) is 23.8 Å². The second-order valence-corrected chi connectivity index (χ2v) is 5.23. The molecule has 0 heterocycles. The summed E-state index contributed by atoms with van der Waals surface area (Å²) >= 11 is 0. The van der Waals surface area contributed by atoms with Gasteiger partial charge >= 0.3 is 0 Å². The SMILES string of the molecule is O=C(COc1ccccc1F)N/N=C/c1c(O)ccc2ccccc12. The lowest BCUT2D eigenvalue weighted by atomic mass is 10.0. The number of hydrazone groups is 1. The fourth-order valence-electron chi connectivity index (χ4n) is 2.33. The van der Waals surface area contributed by atoms with Crippen LogP contribution in [0.3, 0.4) is 0 Å². The molecular formula is C19H15FN2O3. The van der Waals surface area contributed by atoms with Gasteiger partial charge in [-0.15, -0.1) is 0 Å². The lowest BCUT2D eigenvalue weighted by molar-refractivity contribution is -0.123. The van der Waals surface area contributed by atoms with Gasteiger partial charge in [0.2, 0.25) is 0 Å². The Morgan fingerprint density at radius 3 is 2.72 bits per heavy atom. The number of fused-ring (bicyclic) bond motifs is 1. The Morgan fingerprint density at radius 2 is 1.88 bits per heavy atom. The van der Waals surface area contributed by atoms with Crippen LogP contribution in [0.5, 0.6) is 11.5 Å². The molecule has 1 amide bonds. The van der Waals surface area contributed by atoms with E-state index in [0.717, 1.165) is 10.8 Å². The Hall–Kier alpha value is -3.41. The van der Waals surface area contributed by atoms with E-state index in [9.17, 15) is 14.3 Å². The van der Waals surface area contributed by atoms with Crippen molar-refractivity contribution in [2.45, 2.75) is 0 Å². The van der Waals surface area contributed by atoms with Crippen molar-refractivity contribution >= 4 is 22.9 Å². The Morgan fingerprint density at radius 1 is 1.12 bits per heavy atom. The smallest absolute Gasteiger partial charge is 0.277 e. The van der Waals surface area contributed by atoms with Crippen LogP contribution in [-0.2, 0) is 4.79 Å². The van der Waals surface area contributed by atoms with Crippen molar-refractivity contribution in [3.05, 3.63) is 72.0 Å². The van der Waals surface area contributed by atoms with Crippen molar-refractivity contribution in [1.82, 2.24) is 5.43 Å². The van der Waals surface area contributed by atoms with Crippen LogP contribution < -0.4 is 10.2 Å². The largest absolute Gasteiger partial charge is 0.507 e. The molecular weight excluding hydrogens is 323 g/mol. The van der Waals surface area contributed by atoms with E-state index in [4.69, 9.17) is 4.74 Å². The Labute approximate surface area is 143 Å². The van der Waals surface area contributed by atoms with Gasteiger partial charge in [-0.1, -0.05) is 42.5 Å². The third-order valence-corrected chi connectivity index (χ3v) is 3.53. The van der Waals surface area contributed by atoms with Crippen LogP contribution in [0.15, 0.2) is 65.8 Å². The first-order valence-electron chi connectivity index (χ1n) is 7.55. The van der Waals surface area contributed by atoms with E-state index in [1.165, 1.54) is 24.4 Å². The van der Waals surface area contributed by atoms with Crippen molar-refractivity contribution in [3.8, 4) is 11.5 Å². The van der Waals surface area contributed by atoms with Gasteiger partial charge in [-0.05, 0) is 29.0 Å². The zero-order chi connectivity index (χ0) is 17.6. The number of nitrogens with zero attached hydrogens (tertiary/aromatic N) is 1. The Kier molecular flexibility index (Phi) is 4.89. The van der Waals surface area contributed by atoms with Crippen LogP contribution in [0.25, 0.3) is 10.8 Å². The number of hydrogen-bond acceptors (Lipinski definition) is 4. The van der Waals surface area contributed by atoms with Crippen molar-refractivity contribution in [3.63, 3.8) is 0 Å². The molecule has 0 aliphatic heterocycles. The third-order valence-electron chi connectivity index (χ3n) is 3.53. The number of hydrogen-bond donors (Lipinski definition) is 2. The van der Waals surface area contributed by atoms with Gasteiger partial charge < -0.3 is 9.84 Å². The molecule has 0 aliphatic carbocycles. The minimum atomic E-state index is -0.542. The molecule has 2 N–H and O–H groups in total. The molecule has 0 unspecified atom stereocenters. The van der Waals surface area contributed by atoms with E-state index in [1.807, 2.05) is 24.3 Å². The number of carbonyl (C=O) groups excluding carboxylic acids is 1. The normalized spacial score (nSPS) is 10.9. The summed E-state index contributed by atoms with van der Waals surface area (Å²) in [4.78, 5) is 11.7. The van der Waals surface area contributed by atoms with Gasteiger partial charge in [0.25, 0.3) is 5.91 Å². The van der Waals surface area contributed by atoms with Crippen LogP contribution in [0.2, 0.25) is 0 Å². The molecule has 126 valence electrons. The van der Waals surface area contributed by atoms with Gasteiger partial charge in [0, 0.05) is 5.56 Å². The highest BCUT2D eigenvalue weighted by Gasteiger charge is 2.07. The van der Waals surface area contributed by atoms with Gasteiger partial charge in [-0.25, -0.2) is 9.82 Å². The molecule has 0 saturated carbocycles. The van der Waals surface area contributed by atoms with Crippen molar-refractivity contribution in [2.24, 2.45) is 5.10 Å². The van der Waals surface area contributed by atoms with Crippen LogP contribution in [0.1, 0.15) is 5.56 Å². The summed E-state index contributed by atoms with van der Waals surface area (Å²) in [7, 11) is 0. The number of ether oxygens (including phenoxy) is 1. The van der Waals surface area contributed by atoms with E-state index in [2.05, 4.69) is 10.5 Å². The number of phenolic OH excluding ortho intramolecular Hbond substituents is 1. The van der Waals surface area contributed by atoms with E-state index in [0.29, 0.717) is 5.56 Å². The number of phenols is 1. The topological polar surface area (TPSA) is 70.9 Å². The number of halogens is 1. The zero-order valence-corrected chi connectivity index (χ0v) is 13.1. The highest BCUT2D eigenvalue weighted by Crippen LogP contribution is 2.25. The Bertz CT molecular complexity index is 941. The predicted octanol–water partition coefficient (Wildman–Crippen LogP) is 3.21. The summed E-state index contributed by atoms with van der Waals surface area (Å²) in [5.41, 5.74) is 2.78. The van der Waals surface area contributed by atoms with Crippen molar-refractivity contribution in [2.75, 3.05) is 6.61 Å². The first-order chi connectivity index (χ1) is 12.1. The summed E-state index contributed by atoms with van der Waals surface area (Å²) in [6, 6.07) is 16.7. The fourth-order valence-corrected chi connectivity index (χ4v) is 2.33. The van der Waals surface area contributed by atoms with Crippen molar-refractivity contribution < 1.29 is 19.0 Å². The van der Waals surface area contributed by atoms with Gasteiger partial charge in [-0.2, -0.15) is 5.10 Å². The number of nitrogens with one attached hydrogen (secondary N) is 1. The van der Waals surface area contributed by atoms with E-state index < -0.39 is 11.7 Å². The number of amides is 1. The zero-order valence-electron chi connectivity index (χ0n) is 13.1. The van der Waals surface area contributed by atoms with E-state index in [-0.39, 0.29) is 18.1 Å². The highest BCUT2D eigenvalue weighted by atomic mass is 19.1. The molecule has 0 aliphatic rings. The molecule has 3 aromatic carbocycles. The molecule has 0 atom stereocenters. The number of aromatic hydroxyl groups is 1. The number of carbonyl (C=O) groups is 1. The maximum Gasteiger partial charge on any atom is 0.277 e. The molecule has 0 aromatic heterocycles. The summed E-state index contributed by atoms with van der Waals surface area (Å²) in [6.07, 6.45) is 1.36. The van der Waals surface area contributed by atoms with Crippen LogP contribution >= 0.6 is 0 Å². The second-order valence-electron chi connectivity index (χ2n) is 5.23. The lowest BCUT2D eigenvalue weighted by Crippen LogP contribution is -2.24. The number of para-hydroxylation sites is 1. The number of rotatable bonds is 5. The highest BCUT2D eigenvalue weighted by molar-refractivity contribution is 6.02. The van der Waals surface area contributed by atoms with E-state index >= 15 is 0 Å². The van der Waals surface area contributed by atoms with Gasteiger partial charge in [0.1, 0.15) is 5.75 Å².